The van der Waals surface area contributed by atoms with Crippen molar-refractivity contribution in [1.29, 1.82) is 0 Å². The van der Waals surface area contributed by atoms with Crippen LogP contribution in [0.25, 0.3) is 0 Å². The molecule has 0 bridgehead atoms. The summed E-state index contributed by atoms with van der Waals surface area (Å²) in [5, 5.41) is 0. The Balaban J connectivity index is 2.20. The topological polar surface area (TPSA) is 29.3 Å². The summed E-state index contributed by atoms with van der Waals surface area (Å²) in [4.78, 5) is 2.09. The van der Waals surface area contributed by atoms with E-state index in [1.165, 1.54) is 11.6 Å². The van der Waals surface area contributed by atoms with Gasteiger partial charge in [-0.1, -0.05) is 23.8 Å². The molecule has 0 saturated heterocycles. The molecule has 2 aromatic carbocycles. The van der Waals surface area contributed by atoms with E-state index in [0.29, 0.717) is 13.1 Å². The number of hydrogen-bond donors (Lipinski definition) is 1. The van der Waals surface area contributed by atoms with Crippen LogP contribution in [0.4, 0.5) is 10.1 Å². The number of benzene rings is 2. The quantitative estimate of drug-likeness (QED) is 0.912. The third-order valence-electron chi connectivity index (χ3n) is 3.27. The third kappa shape index (κ3) is 3.32. The van der Waals surface area contributed by atoms with Crippen LogP contribution in [0.2, 0.25) is 0 Å². The zero-order chi connectivity index (χ0) is 13.8. The summed E-state index contributed by atoms with van der Waals surface area (Å²) in [5.74, 6) is -0.218. The van der Waals surface area contributed by atoms with Crippen LogP contribution in [-0.2, 0) is 13.1 Å². The summed E-state index contributed by atoms with van der Waals surface area (Å²) in [6.07, 6.45) is 0. The summed E-state index contributed by atoms with van der Waals surface area (Å²) < 4.78 is 13.3. The molecule has 2 nitrogen and oxygen atoms in total. The highest BCUT2D eigenvalue weighted by atomic mass is 19.1. The summed E-state index contributed by atoms with van der Waals surface area (Å²) in [5.41, 5.74) is 9.95. The van der Waals surface area contributed by atoms with Crippen molar-refractivity contribution < 1.29 is 4.39 Å². The molecule has 100 valence electrons. The Bertz CT molecular complexity index is 549. The molecule has 2 aromatic rings. The van der Waals surface area contributed by atoms with Gasteiger partial charge in [0.15, 0.2) is 0 Å². The Labute approximate surface area is 113 Å². The lowest BCUT2D eigenvalue weighted by Crippen LogP contribution is -2.18. The minimum Gasteiger partial charge on any atom is -0.370 e. The Kier molecular flexibility index (Phi) is 4.17. The van der Waals surface area contributed by atoms with E-state index in [2.05, 4.69) is 36.1 Å². The Morgan fingerprint density at radius 3 is 2.37 bits per heavy atom. The molecule has 0 aliphatic rings. The minimum absolute atomic E-state index is 0.218. The van der Waals surface area contributed by atoms with Gasteiger partial charge in [0.05, 0.1) is 0 Å². The second-order valence-corrected chi connectivity index (χ2v) is 4.81. The number of hydrogen-bond acceptors (Lipinski definition) is 2. The molecule has 0 aromatic heterocycles. The first kappa shape index (κ1) is 13.6. The first-order chi connectivity index (χ1) is 9.10. The molecule has 0 saturated carbocycles. The van der Waals surface area contributed by atoms with Crippen molar-refractivity contribution in [3.05, 3.63) is 65.0 Å². The van der Waals surface area contributed by atoms with E-state index in [1.54, 1.807) is 12.1 Å². The van der Waals surface area contributed by atoms with E-state index in [0.717, 1.165) is 16.8 Å². The molecule has 0 radical (unpaired) electrons. The van der Waals surface area contributed by atoms with E-state index in [1.807, 2.05) is 7.05 Å². The number of rotatable bonds is 4. The van der Waals surface area contributed by atoms with Crippen molar-refractivity contribution in [3.8, 4) is 0 Å². The highest BCUT2D eigenvalue weighted by Gasteiger charge is 2.07. The first-order valence-electron chi connectivity index (χ1n) is 6.35. The molecule has 19 heavy (non-hydrogen) atoms. The van der Waals surface area contributed by atoms with Crippen molar-refractivity contribution in [1.82, 2.24) is 0 Å². The fourth-order valence-electron chi connectivity index (χ4n) is 2.09. The van der Waals surface area contributed by atoms with Crippen molar-refractivity contribution >= 4 is 5.69 Å². The van der Waals surface area contributed by atoms with Gasteiger partial charge in [0.25, 0.3) is 0 Å². The summed E-state index contributed by atoms with van der Waals surface area (Å²) >= 11 is 0. The molecular weight excluding hydrogens is 239 g/mol. The first-order valence-corrected chi connectivity index (χ1v) is 6.35. The van der Waals surface area contributed by atoms with Crippen LogP contribution >= 0.6 is 0 Å². The van der Waals surface area contributed by atoms with Crippen molar-refractivity contribution in [2.24, 2.45) is 5.73 Å². The van der Waals surface area contributed by atoms with Gasteiger partial charge in [-0.2, -0.15) is 0 Å². The lowest BCUT2D eigenvalue weighted by molar-refractivity contribution is 0.623. The Hall–Kier alpha value is -1.87. The second kappa shape index (κ2) is 5.85. The van der Waals surface area contributed by atoms with Gasteiger partial charge in [0, 0.05) is 25.8 Å². The van der Waals surface area contributed by atoms with E-state index >= 15 is 0 Å². The van der Waals surface area contributed by atoms with Crippen molar-refractivity contribution in [2.45, 2.75) is 20.0 Å². The van der Waals surface area contributed by atoms with Crippen LogP contribution in [0.15, 0.2) is 42.5 Å². The second-order valence-electron chi connectivity index (χ2n) is 4.81. The van der Waals surface area contributed by atoms with Crippen LogP contribution in [0.3, 0.4) is 0 Å². The summed E-state index contributed by atoms with van der Waals surface area (Å²) in [7, 11) is 2.00. The van der Waals surface area contributed by atoms with Crippen LogP contribution < -0.4 is 10.6 Å². The molecule has 0 unspecified atom stereocenters. The molecule has 2 N–H and O–H groups in total. The maximum atomic E-state index is 13.3. The van der Waals surface area contributed by atoms with Gasteiger partial charge < -0.3 is 10.6 Å². The summed E-state index contributed by atoms with van der Waals surface area (Å²) in [6, 6.07) is 13.0. The number of nitrogens with two attached hydrogens (primary N) is 1. The molecular formula is C16H19FN2. The molecule has 0 spiro atoms. The SMILES string of the molecule is Cc1ccc(N(C)Cc2cc(F)ccc2CN)cc1. The number of halogens is 1. The van der Waals surface area contributed by atoms with Crippen molar-refractivity contribution in [3.63, 3.8) is 0 Å². The van der Waals surface area contributed by atoms with Gasteiger partial charge in [-0.3, -0.25) is 0 Å². The standard InChI is InChI=1S/C16H19FN2/c1-12-3-7-16(8-4-12)19(2)11-14-9-15(17)6-5-13(14)10-18/h3-9H,10-11,18H2,1-2H3. The smallest absolute Gasteiger partial charge is 0.123 e. The van der Waals surface area contributed by atoms with Crippen LogP contribution in [0.5, 0.6) is 0 Å². The van der Waals surface area contributed by atoms with Gasteiger partial charge in [-0.25, -0.2) is 4.39 Å². The van der Waals surface area contributed by atoms with E-state index in [-0.39, 0.29) is 5.82 Å². The lowest BCUT2D eigenvalue weighted by Gasteiger charge is -2.21. The minimum atomic E-state index is -0.218. The fraction of sp³-hybridized carbons (Fsp3) is 0.250. The highest BCUT2D eigenvalue weighted by molar-refractivity contribution is 5.47. The predicted molar refractivity (Wildman–Crippen MR) is 77.6 cm³/mol. The molecule has 0 heterocycles. The summed E-state index contributed by atoms with van der Waals surface area (Å²) in [6.45, 7) is 3.13. The Morgan fingerprint density at radius 2 is 1.74 bits per heavy atom. The Morgan fingerprint density at radius 1 is 1.05 bits per heavy atom. The zero-order valence-corrected chi connectivity index (χ0v) is 11.4. The van der Waals surface area contributed by atoms with Crippen molar-refractivity contribution in [2.75, 3.05) is 11.9 Å². The third-order valence-corrected chi connectivity index (χ3v) is 3.27. The van der Waals surface area contributed by atoms with Gasteiger partial charge in [-0.05, 0) is 42.3 Å². The van der Waals surface area contributed by atoms with E-state index in [4.69, 9.17) is 5.73 Å². The van der Waals surface area contributed by atoms with Gasteiger partial charge in [-0.15, -0.1) is 0 Å². The van der Waals surface area contributed by atoms with Gasteiger partial charge >= 0.3 is 0 Å². The largest absolute Gasteiger partial charge is 0.370 e. The monoisotopic (exact) mass is 258 g/mol. The highest BCUT2D eigenvalue weighted by Crippen LogP contribution is 2.19. The maximum absolute atomic E-state index is 13.3. The molecule has 0 aliphatic carbocycles. The van der Waals surface area contributed by atoms with Gasteiger partial charge in [0.2, 0.25) is 0 Å². The van der Waals surface area contributed by atoms with E-state index in [9.17, 15) is 4.39 Å². The van der Waals surface area contributed by atoms with Gasteiger partial charge in [0.1, 0.15) is 5.82 Å². The molecule has 2 rings (SSSR count). The number of nitrogens with zero attached hydrogens (tertiary/aromatic N) is 1. The van der Waals surface area contributed by atoms with Crippen LogP contribution in [-0.4, -0.2) is 7.05 Å². The molecule has 3 heteroatoms. The molecule has 0 aliphatic heterocycles. The zero-order valence-electron chi connectivity index (χ0n) is 11.4. The number of anilines is 1. The lowest BCUT2D eigenvalue weighted by atomic mass is 10.1. The van der Waals surface area contributed by atoms with E-state index < -0.39 is 0 Å². The maximum Gasteiger partial charge on any atom is 0.123 e. The van der Waals surface area contributed by atoms with Crippen LogP contribution in [0.1, 0.15) is 16.7 Å². The average molecular weight is 258 g/mol. The molecule has 0 atom stereocenters. The predicted octanol–water partition coefficient (Wildman–Crippen LogP) is 3.23. The molecule has 0 amide bonds. The average Bonchev–Trinajstić information content (AvgIpc) is 2.39. The molecule has 0 fully saturated rings. The van der Waals surface area contributed by atoms with Crippen LogP contribution in [0, 0.1) is 12.7 Å². The normalized spacial score (nSPS) is 10.5. The fourth-order valence-corrected chi connectivity index (χ4v) is 2.09. The number of aryl methyl sites for hydroxylation is 1.